The molecule has 2 fully saturated rings. The Morgan fingerprint density at radius 1 is 1.06 bits per heavy atom. The Bertz CT molecular complexity index is 1070. The summed E-state index contributed by atoms with van der Waals surface area (Å²) in [5, 5.41) is 2.96. The summed E-state index contributed by atoms with van der Waals surface area (Å²) in [4.78, 5) is 27.2. The van der Waals surface area contributed by atoms with Crippen molar-refractivity contribution >= 4 is 11.8 Å². The minimum Gasteiger partial charge on any atom is -0.356 e. The maximum Gasteiger partial charge on any atom is 0.430 e. The van der Waals surface area contributed by atoms with E-state index in [1.807, 2.05) is 13.8 Å². The number of benzene rings is 2. The molecule has 0 radical (unpaired) electrons. The number of amides is 2. The number of carbonyl (C=O) groups is 2. The Morgan fingerprint density at radius 3 is 2.20 bits per heavy atom. The van der Waals surface area contributed by atoms with Crippen molar-refractivity contribution in [2.45, 2.75) is 50.8 Å². The molecule has 188 valence electrons. The number of piperidine rings is 2. The monoisotopic (exact) mass is 488 g/mol. The zero-order chi connectivity index (χ0) is 25.4. The number of ether oxygens (including phenoxy) is 1. The Hall–Kier alpha value is -2.87. The van der Waals surface area contributed by atoms with E-state index in [-0.39, 0.29) is 30.5 Å². The fraction of sp³-hybridized carbons (Fsp3) is 0.481. The molecule has 8 heteroatoms. The summed E-state index contributed by atoms with van der Waals surface area (Å²) in [6.07, 6.45) is -3.77. The van der Waals surface area contributed by atoms with E-state index in [2.05, 4.69) is 23.5 Å². The van der Waals surface area contributed by atoms with Gasteiger partial charge in [-0.05, 0) is 37.7 Å². The van der Waals surface area contributed by atoms with Crippen LogP contribution in [-0.4, -0.2) is 49.6 Å². The minimum atomic E-state index is -4.94. The number of carbonyl (C=O) groups excluding carboxylic acids is 2. The lowest BCUT2D eigenvalue weighted by Crippen LogP contribution is -2.60. The number of rotatable bonds is 4. The molecule has 0 aromatic heterocycles. The Kier molecular flexibility index (Phi) is 6.70. The first-order valence-electron chi connectivity index (χ1n) is 11.8. The Labute approximate surface area is 203 Å². The third-order valence-electron chi connectivity index (χ3n) is 7.63. The highest BCUT2D eigenvalue weighted by Crippen LogP contribution is 2.50. The predicted octanol–water partition coefficient (Wildman–Crippen LogP) is 4.62. The van der Waals surface area contributed by atoms with Gasteiger partial charge >= 0.3 is 6.18 Å². The number of methoxy groups -OCH3 is 1. The highest BCUT2D eigenvalue weighted by Gasteiger charge is 2.64. The molecule has 1 N–H and O–H groups in total. The van der Waals surface area contributed by atoms with Crippen molar-refractivity contribution in [2.75, 3.05) is 26.7 Å². The first-order chi connectivity index (χ1) is 16.5. The summed E-state index contributed by atoms with van der Waals surface area (Å²) in [7, 11) is 0.922. The van der Waals surface area contributed by atoms with Crippen molar-refractivity contribution < 1.29 is 27.5 Å². The molecule has 1 spiro atoms. The number of nitrogens with zero attached hydrogens (tertiary/aromatic N) is 1. The van der Waals surface area contributed by atoms with Crippen molar-refractivity contribution in [1.82, 2.24) is 10.2 Å². The molecule has 0 bridgehead atoms. The van der Waals surface area contributed by atoms with Gasteiger partial charge in [0.1, 0.15) is 0 Å². The second-order valence-corrected chi connectivity index (χ2v) is 9.86. The van der Waals surface area contributed by atoms with E-state index in [1.165, 1.54) is 29.2 Å². The quantitative estimate of drug-likeness (QED) is 0.683. The molecular formula is C27H31F3N2O3. The van der Waals surface area contributed by atoms with Gasteiger partial charge in [-0.15, -0.1) is 0 Å². The number of hydrogen-bond acceptors (Lipinski definition) is 3. The number of halogens is 3. The van der Waals surface area contributed by atoms with Crippen LogP contribution in [0.2, 0.25) is 0 Å². The van der Waals surface area contributed by atoms with Gasteiger partial charge in [-0.25, -0.2) is 0 Å². The smallest absolute Gasteiger partial charge is 0.356 e. The molecule has 2 aromatic carbocycles. The minimum absolute atomic E-state index is 0.0278. The van der Waals surface area contributed by atoms with Crippen LogP contribution >= 0.6 is 0 Å². The average Bonchev–Trinajstić information content (AvgIpc) is 2.79. The van der Waals surface area contributed by atoms with Crippen LogP contribution in [0.15, 0.2) is 48.5 Å². The standard InChI is InChI=1S/C27H31F3N2O3/c1-18-13-19(2)15-20(14-18)22-17-31-23(33)16-25(22)9-11-32(12-10-25)24(34)26(35-3,27(28,29)30)21-7-5-4-6-8-21/h4-8,13-15,22H,9-12,16-17H2,1-3H3,(H,31,33)/t22?,26-/m1/s1. The van der Waals surface area contributed by atoms with E-state index in [1.54, 1.807) is 6.07 Å². The van der Waals surface area contributed by atoms with Crippen molar-refractivity contribution in [3.8, 4) is 0 Å². The normalized spacial score (nSPS) is 21.9. The molecular weight excluding hydrogens is 457 g/mol. The molecule has 4 rings (SSSR count). The van der Waals surface area contributed by atoms with Gasteiger partial charge in [-0.3, -0.25) is 9.59 Å². The second-order valence-electron chi connectivity index (χ2n) is 9.86. The topological polar surface area (TPSA) is 58.6 Å². The summed E-state index contributed by atoms with van der Waals surface area (Å²) in [5.41, 5.74) is -0.371. The van der Waals surface area contributed by atoms with E-state index in [4.69, 9.17) is 4.74 Å². The summed E-state index contributed by atoms with van der Waals surface area (Å²) in [6, 6.07) is 13.4. The molecule has 2 aromatic rings. The van der Waals surface area contributed by atoms with Crippen LogP contribution in [-0.2, 0) is 19.9 Å². The van der Waals surface area contributed by atoms with Crippen LogP contribution in [0.25, 0.3) is 0 Å². The average molecular weight is 489 g/mol. The van der Waals surface area contributed by atoms with Crippen LogP contribution < -0.4 is 5.32 Å². The van der Waals surface area contributed by atoms with Gasteiger partial charge in [0, 0.05) is 44.6 Å². The third-order valence-corrected chi connectivity index (χ3v) is 7.63. The Balaban J connectivity index is 1.63. The lowest BCUT2D eigenvalue weighted by molar-refractivity contribution is -0.271. The van der Waals surface area contributed by atoms with E-state index >= 15 is 0 Å². The first-order valence-corrected chi connectivity index (χ1v) is 11.8. The van der Waals surface area contributed by atoms with Crippen LogP contribution in [0.5, 0.6) is 0 Å². The summed E-state index contributed by atoms with van der Waals surface area (Å²) in [5.74, 6) is -1.15. The van der Waals surface area contributed by atoms with Gasteiger partial charge in [0.15, 0.2) is 0 Å². The van der Waals surface area contributed by atoms with Crippen LogP contribution in [0, 0.1) is 19.3 Å². The zero-order valence-corrected chi connectivity index (χ0v) is 20.2. The van der Waals surface area contributed by atoms with Crippen molar-refractivity contribution in [3.05, 3.63) is 70.8 Å². The number of likely N-dealkylation sites (tertiary alicyclic amines) is 1. The maximum absolute atomic E-state index is 14.4. The maximum atomic E-state index is 14.4. The lowest BCUT2D eigenvalue weighted by Gasteiger charge is -2.50. The molecule has 1 unspecified atom stereocenters. The van der Waals surface area contributed by atoms with E-state index in [0.717, 1.165) is 23.8 Å². The SMILES string of the molecule is CO[C@@](C(=O)N1CCC2(CC1)CC(=O)NCC2c1cc(C)cc(C)c1)(c1ccccc1)C(F)(F)F. The largest absolute Gasteiger partial charge is 0.430 e. The summed E-state index contributed by atoms with van der Waals surface area (Å²) in [6.45, 7) is 4.78. The highest BCUT2D eigenvalue weighted by atomic mass is 19.4. The highest BCUT2D eigenvalue weighted by molar-refractivity contribution is 5.88. The molecule has 0 aliphatic carbocycles. The zero-order valence-electron chi connectivity index (χ0n) is 20.2. The van der Waals surface area contributed by atoms with E-state index in [0.29, 0.717) is 25.8 Å². The van der Waals surface area contributed by atoms with Crippen molar-refractivity contribution in [3.63, 3.8) is 0 Å². The first kappa shape index (κ1) is 25.2. The molecule has 2 aliphatic heterocycles. The van der Waals surface area contributed by atoms with Gasteiger partial charge in [0.25, 0.3) is 11.5 Å². The van der Waals surface area contributed by atoms with Gasteiger partial charge in [-0.1, -0.05) is 59.7 Å². The molecule has 2 heterocycles. The molecule has 2 atom stereocenters. The van der Waals surface area contributed by atoms with Gasteiger partial charge in [0.2, 0.25) is 5.91 Å². The molecule has 2 amide bonds. The number of aryl methyl sites for hydroxylation is 2. The van der Waals surface area contributed by atoms with Gasteiger partial charge in [0.05, 0.1) is 0 Å². The van der Waals surface area contributed by atoms with Gasteiger partial charge < -0.3 is 15.0 Å². The Morgan fingerprint density at radius 2 is 1.66 bits per heavy atom. The molecule has 2 aliphatic rings. The fourth-order valence-corrected chi connectivity index (χ4v) is 5.93. The van der Waals surface area contributed by atoms with Crippen LogP contribution in [0.1, 0.15) is 47.4 Å². The predicted molar refractivity (Wildman–Crippen MR) is 126 cm³/mol. The number of hydrogen-bond donors (Lipinski definition) is 1. The molecule has 35 heavy (non-hydrogen) atoms. The summed E-state index contributed by atoms with van der Waals surface area (Å²) >= 11 is 0. The fourth-order valence-electron chi connectivity index (χ4n) is 5.93. The number of nitrogens with one attached hydrogen (secondary N) is 1. The van der Waals surface area contributed by atoms with Crippen molar-refractivity contribution in [2.24, 2.45) is 5.41 Å². The van der Waals surface area contributed by atoms with Crippen molar-refractivity contribution in [1.29, 1.82) is 0 Å². The number of alkyl halides is 3. The van der Waals surface area contributed by atoms with Gasteiger partial charge in [-0.2, -0.15) is 13.2 Å². The third kappa shape index (κ3) is 4.44. The second kappa shape index (κ2) is 9.30. The van der Waals surface area contributed by atoms with Crippen LogP contribution in [0.3, 0.4) is 0 Å². The lowest BCUT2D eigenvalue weighted by atomic mass is 9.62. The molecule has 5 nitrogen and oxygen atoms in total. The summed E-state index contributed by atoms with van der Waals surface area (Å²) < 4.78 is 48.2. The molecule has 2 saturated heterocycles. The van der Waals surface area contributed by atoms with Crippen LogP contribution in [0.4, 0.5) is 13.2 Å². The van der Waals surface area contributed by atoms with E-state index < -0.39 is 23.1 Å². The van der Waals surface area contributed by atoms with E-state index in [9.17, 15) is 22.8 Å². The molecule has 0 saturated carbocycles.